The monoisotopic (exact) mass is 415 g/mol. The number of nitrogens with one attached hydrogen (secondary N) is 2. The number of carbonyl (C=O) groups excluding carboxylic acids is 1. The van der Waals surface area contributed by atoms with E-state index in [0.717, 1.165) is 5.56 Å². The highest BCUT2D eigenvalue weighted by Crippen LogP contribution is 2.18. The number of amides is 1. The Morgan fingerprint density at radius 3 is 2.24 bits per heavy atom. The molecule has 1 amide bonds. The van der Waals surface area contributed by atoms with Crippen LogP contribution >= 0.6 is 0 Å². The number of rotatable bonds is 9. The average molecular weight is 416 g/mol. The van der Waals surface area contributed by atoms with E-state index in [4.69, 9.17) is 10.00 Å². The van der Waals surface area contributed by atoms with Gasteiger partial charge in [0.2, 0.25) is 15.9 Å². The van der Waals surface area contributed by atoms with E-state index >= 15 is 0 Å². The molecule has 0 heterocycles. The molecule has 154 valence electrons. The van der Waals surface area contributed by atoms with Crippen molar-refractivity contribution in [2.24, 2.45) is 5.92 Å². The van der Waals surface area contributed by atoms with Crippen LogP contribution in [0.3, 0.4) is 0 Å². The van der Waals surface area contributed by atoms with Gasteiger partial charge in [0.05, 0.1) is 24.5 Å². The Morgan fingerprint density at radius 2 is 1.72 bits per heavy atom. The highest BCUT2D eigenvalue weighted by atomic mass is 32.2. The second kappa shape index (κ2) is 10.0. The molecular weight excluding hydrogens is 390 g/mol. The molecule has 0 aliphatic carbocycles. The summed E-state index contributed by atoms with van der Waals surface area (Å²) in [5.41, 5.74) is 1.37. The smallest absolute Gasteiger partial charge is 0.242 e. The van der Waals surface area contributed by atoms with Gasteiger partial charge in [-0.1, -0.05) is 26.0 Å². The lowest BCUT2D eigenvalue weighted by Gasteiger charge is -2.20. The van der Waals surface area contributed by atoms with Gasteiger partial charge < -0.3 is 10.1 Å². The number of carbonyl (C=O) groups is 1. The van der Waals surface area contributed by atoms with Crippen molar-refractivity contribution in [3.05, 3.63) is 54.1 Å². The van der Waals surface area contributed by atoms with E-state index in [1.165, 1.54) is 19.2 Å². The summed E-state index contributed by atoms with van der Waals surface area (Å²) in [6.45, 7) is 3.83. The van der Waals surface area contributed by atoms with Crippen molar-refractivity contribution in [2.75, 3.05) is 12.4 Å². The summed E-state index contributed by atoms with van der Waals surface area (Å²) in [6.07, 6.45) is 0.625. The lowest BCUT2D eigenvalue weighted by Crippen LogP contribution is -2.44. The summed E-state index contributed by atoms with van der Waals surface area (Å²) < 4.78 is 33.0. The Bertz CT molecular complexity index is 962. The lowest BCUT2D eigenvalue weighted by molar-refractivity contribution is -0.118. The van der Waals surface area contributed by atoms with E-state index in [1.54, 1.807) is 36.4 Å². The highest BCUT2D eigenvalue weighted by Gasteiger charge is 2.26. The van der Waals surface area contributed by atoms with Crippen molar-refractivity contribution < 1.29 is 17.9 Å². The first kappa shape index (κ1) is 22.4. The maximum Gasteiger partial charge on any atom is 0.242 e. The second-order valence-corrected chi connectivity index (χ2v) is 8.71. The van der Waals surface area contributed by atoms with E-state index in [-0.39, 0.29) is 17.2 Å². The molecule has 29 heavy (non-hydrogen) atoms. The van der Waals surface area contributed by atoms with Crippen LogP contribution in [-0.2, 0) is 21.2 Å². The van der Waals surface area contributed by atoms with Crippen LogP contribution in [0.1, 0.15) is 25.8 Å². The Hall–Kier alpha value is -2.89. The van der Waals surface area contributed by atoms with Crippen LogP contribution in [0.15, 0.2) is 53.4 Å². The topological polar surface area (TPSA) is 108 Å². The Balaban J connectivity index is 2.16. The van der Waals surface area contributed by atoms with E-state index in [9.17, 15) is 13.2 Å². The third-order valence-electron chi connectivity index (χ3n) is 4.20. The van der Waals surface area contributed by atoms with Crippen molar-refractivity contribution in [3.8, 4) is 11.8 Å². The van der Waals surface area contributed by atoms with Crippen molar-refractivity contribution in [2.45, 2.75) is 37.6 Å². The van der Waals surface area contributed by atoms with Crippen LogP contribution in [0.25, 0.3) is 0 Å². The molecule has 1 atom stereocenters. The molecule has 0 bridgehead atoms. The van der Waals surface area contributed by atoms with Crippen LogP contribution in [0.2, 0.25) is 0 Å². The molecule has 0 saturated carbocycles. The van der Waals surface area contributed by atoms with Gasteiger partial charge in [0.15, 0.2) is 0 Å². The molecule has 2 N–H and O–H groups in total. The molecule has 0 spiro atoms. The summed E-state index contributed by atoms with van der Waals surface area (Å²) in [5, 5.41) is 11.5. The van der Waals surface area contributed by atoms with Gasteiger partial charge in [-0.2, -0.15) is 9.98 Å². The number of hydrogen-bond donors (Lipinski definition) is 2. The molecule has 2 aromatic carbocycles. The predicted molar refractivity (Wildman–Crippen MR) is 111 cm³/mol. The molecular formula is C21H25N3O4S. The maximum atomic E-state index is 12.8. The van der Waals surface area contributed by atoms with Gasteiger partial charge in [-0.3, -0.25) is 4.79 Å². The predicted octanol–water partition coefficient (Wildman–Crippen LogP) is 3.09. The van der Waals surface area contributed by atoms with Crippen LogP contribution < -0.4 is 14.8 Å². The summed E-state index contributed by atoms with van der Waals surface area (Å²) >= 11 is 0. The van der Waals surface area contributed by atoms with Crippen molar-refractivity contribution in [1.82, 2.24) is 4.72 Å². The number of nitrogens with zero attached hydrogens (tertiary/aromatic N) is 1. The molecule has 0 aliphatic heterocycles. The van der Waals surface area contributed by atoms with Gasteiger partial charge in [-0.15, -0.1) is 0 Å². The number of hydrogen-bond acceptors (Lipinski definition) is 5. The fourth-order valence-corrected chi connectivity index (χ4v) is 3.93. The highest BCUT2D eigenvalue weighted by molar-refractivity contribution is 7.89. The number of benzene rings is 2. The summed E-state index contributed by atoms with van der Waals surface area (Å²) in [4.78, 5) is 12.8. The number of ether oxygens (including phenoxy) is 1. The first-order valence-electron chi connectivity index (χ1n) is 9.18. The number of sulfonamides is 1. The number of methoxy groups -OCH3 is 1. The molecule has 0 saturated heterocycles. The van der Waals surface area contributed by atoms with Gasteiger partial charge in [-0.25, -0.2) is 8.42 Å². The van der Waals surface area contributed by atoms with E-state index in [0.29, 0.717) is 17.9 Å². The second-order valence-electron chi connectivity index (χ2n) is 7.00. The molecule has 2 aromatic rings. The molecule has 0 fully saturated rings. The van der Waals surface area contributed by atoms with Crippen LogP contribution in [0.5, 0.6) is 5.75 Å². The third kappa shape index (κ3) is 6.59. The fourth-order valence-electron chi connectivity index (χ4n) is 2.72. The molecule has 0 radical (unpaired) electrons. The minimum absolute atomic E-state index is 0.0562. The fraction of sp³-hybridized carbons (Fsp3) is 0.333. The van der Waals surface area contributed by atoms with Gasteiger partial charge in [0.25, 0.3) is 0 Å². The molecule has 0 aliphatic rings. The zero-order valence-electron chi connectivity index (χ0n) is 16.7. The SMILES string of the molecule is COc1ccc(S(=O)(=O)N[C@H](CC(C)C)C(=O)Nc2ccc(CC#N)cc2)cc1. The first-order chi connectivity index (χ1) is 13.7. The van der Waals surface area contributed by atoms with Crippen molar-refractivity contribution >= 4 is 21.6 Å². The minimum atomic E-state index is -3.88. The Labute approximate surface area is 171 Å². The number of nitriles is 1. The molecule has 2 rings (SSSR count). The van der Waals surface area contributed by atoms with Gasteiger partial charge in [0, 0.05) is 5.69 Å². The Kier molecular flexibility index (Phi) is 7.76. The molecule has 0 aromatic heterocycles. The lowest BCUT2D eigenvalue weighted by atomic mass is 10.0. The van der Waals surface area contributed by atoms with Crippen molar-refractivity contribution in [3.63, 3.8) is 0 Å². The molecule has 0 unspecified atom stereocenters. The average Bonchev–Trinajstić information content (AvgIpc) is 2.68. The number of anilines is 1. The van der Waals surface area contributed by atoms with Gasteiger partial charge in [-0.05, 0) is 54.3 Å². The van der Waals surface area contributed by atoms with Crippen LogP contribution in [0, 0.1) is 17.2 Å². The van der Waals surface area contributed by atoms with E-state index in [1.807, 2.05) is 13.8 Å². The summed E-state index contributed by atoms with van der Waals surface area (Å²) in [6, 6.07) is 14.0. The standard InChI is InChI=1S/C21H25N3O4S/c1-15(2)14-20(21(25)23-17-6-4-16(5-7-17)12-13-22)24-29(26,27)19-10-8-18(28-3)9-11-19/h4-11,15,20,24H,12,14H2,1-3H3,(H,23,25)/t20-/m1/s1. The maximum absolute atomic E-state index is 12.8. The van der Waals surface area contributed by atoms with Gasteiger partial charge in [0.1, 0.15) is 11.8 Å². The zero-order chi connectivity index (χ0) is 21.4. The van der Waals surface area contributed by atoms with Crippen LogP contribution in [-0.4, -0.2) is 27.5 Å². The van der Waals surface area contributed by atoms with Crippen LogP contribution in [0.4, 0.5) is 5.69 Å². The molecule has 7 nitrogen and oxygen atoms in total. The van der Waals surface area contributed by atoms with E-state index < -0.39 is 22.0 Å². The van der Waals surface area contributed by atoms with Crippen molar-refractivity contribution in [1.29, 1.82) is 5.26 Å². The summed E-state index contributed by atoms with van der Waals surface area (Å²) in [7, 11) is -2.39. The van der Waals surface area contributed by atoms with E-state index in [2.05, 4.69) is 16.1 Å². The normalized spacial score (nSPS) is 12.2. The minimum Gasteiger partial charge on any atom is -0.497 e. The molecule has 8 heteroatoms. The largest absolute Gasteiger partial charge is 0.497 e. The summed E-state index contributed by atoms with van der Waals surface area (Å²) in [5.74, 6) is 0.200. The third-order valence-corrected chi connectivity index (χ3v) is 5.68. The first-order valence-corrected chi connectivity index (χ1v) is 10.7. The zero-order valence-corrected chi connectivity index (χ0v) is 17.5. The quantitative estimate of drug-likeness (QED) is 0.654. The Morgan fingerprint density at radius 1 is 1.10 bits per heavy atom. The van der Waals surface area contributed by atoms with Gasteiger partial charge >= 0.3 is 0 Å².